The number of carbonyl (C=O) groups is 1. The lowest BCUT2D eigenvalue weighted by Gasteiger charge is -2.32. The standard InChI is InChI=1S/C19H31N3O4S/c1-5-19(3,4)20-18(23)15-21-11-13-22(14-12-21)27(24,25)17-9-7-16(8-10-17)26-6-2/h7-10H,5-6,11-15H2,1-4H3,(H,20,23)/p+1. The number of quaternary nitrogens is 1. The van der Waals surface area contributed by atoms with Crippen LogP contribution in [0.3, 0.4) is 0 Å². The van der Waals surface area contributed by atoms with Crippen LogP contribution in [0.4, 0.5) is 0 Å². The number of nitrogens with zero attached hydrogens (tertiary/aromatic N) is 1. The van der Waals surface area contributed by atoms with E-state index in [1.807, 2.05) is 27.7 Å². The van der Waals surface area contributed by atoms with Gasteiger partial charge in [-0.2, -0.15) is 4.31 Å². The molecular weight excluding hydrogens is 366 g/mol. The van der Waals surface area contributed by atoms with Crippen molar-refractivity contribution >= 4 is 15.9 Å². The third-order valence-electron chi connectivity index (χ3n) is 4.97. The minimum Gasteiger partial charge on any atom is -0.494 e. The van der Waals surface area contributed by atoms with Gasteiger partial charge in [0.05, 0.1) is 37.7 Å². The number of hydrogen-bond acceptors (Lipinski definition) is 4. The van der Waals surface area contributed by atoms with E-state index in [0.29, 0.717) is 45.1 Å². The molecule has 0 spiro atoms. The molecule has 8 heteroatoms. The highest BCUT2D eigenvalue weighted by Gasteiger charge is 2.31. The third-order valence-corrected chi connectivity index (χ3v) is 6.89. The third kappa shape index (κ3) is 5.92. The molecule has 1 heterocycles. The van der Waals surface area contributed by atoms with Crippen molar-refractivity contribution in [2.75, 3.05) is 39.3 Å². The van der Waals surface area contributed by atoms with E-state index in [4.69, 9.17) is 4.74 Å². The fraction of sp³-hybridized carbons (Fsp3) is 0.632. The smallest absolute Gasteiger partial charge is 0.275 e. The van der Waals surface area contributed by atoms with Gasteiger partial charge in [0.25, 0.3) is 5.91 Å². The molecule has 0 aromatic heterocycles. The highest BCUT2D eigenvalue weighted by molar-refractivity contribution is 7.89. The minimum atomic E-state index is -3.51. The Kier molecular flexibility index (Phi) is 7.25. The van der Waals surface area contributed by atoms with Crippen molar-refractivity contribution in [3.63, 3.8) is 0 Å². The summed E-state index contributed by atoms with van der Waals surface area (Å²) < 4.78 is 32.5. The van der Waals surface area contributed by atoms with Gasteiger partial charge >= 0.3 is 0 Å². The Morgan fingerprint density at radius 1 is 1.19 bits per heavy atom. The molecule has 152 valence electrons. The highest BCUT2D eigenvalue weighted by Crippen LogP contribution is 2.19. The van der Waals surface area contributed by atoms with Gasteiger partial charge in [0, 0.05) is 5.54 Å². The van der Waals surface area contributed by atoms with Gasteiger partial charge in [-0.05, 0) is 51.5 Å². The maximum absolute atomic E-state index is 12.8. The Morgan fingerprint density at radius 3 is 2.30 bits per heavy atom. The predicted molar refractivity (Wildman–Crippen MR) is 104 cm³/mol. The predicted octanol–water partition coefficient (Wildman–Crippen LogP) is 0.279. The molecule has 1 aliphatic heterocycles. The fourth-order valence-electron chi connectivity index (χ4n) is 2.98. The Morgan fingerprint density at radius 2 is 1.78 bits per heavy atom. The van der Waals surface area contributed by atoms with E-state index in [0.717, 1.165) is 11.3 Å². The number of nitrogens with one attached hydrogen (secondary N) is 2. The normalized spacial score (nSPS) is 16.9. The van der Waals surface area contributed by atoms with Gasteiger partial charge in [-0.25, -0.2) is 8.42 Å². The van der Waals surface area contributed by atoms with Gasteiger partial charge < -0.3 is 15.0 Å². The van der Waals surface area contributed by atoms with Crippen LogP contribution in [0.15, 0.2) is 29.2 Å². The Bertz CT molecular complexity index is 724. The second kappa shape index (κ2) is 9.03. The minimum absolute atomic E-state index is 0.0136. The molecule has 1 aliphatic rings. The Hall–Kier alpha value is -1.64. The summed E-state index contributed by atoms with van der Waals surface area (Å²) in [6.07, 6.45) is 0.863. The molecule has 1 amide bonds. The summed E-state index contributed by atoms with van der Waals surface area (Å²) >= 11 is 0. The van der Waals surface area contributed by atoms with Crippen LogP contribution in [0.2, 0.25) is 0 Å². The molecule has 0 unspecified atom stereocenters. The molecule has 7 nitrogen and oxygen atoms in total. The second-order valence-corrected chi connectivity index (χ2v) is 9.46. The van der Waals surface area contributed by atoms with Crippen LogP contribution >= 0.6 is 0 Å². The molecule has 0 aliphatic carbocycles. The zero-order valence-corrected chi connectivity index (χ0v) is 17.6. The lowest BCUT2D eigenvalue weighted by atomic mass is 10.0. The van der Waals surface area contributed by atoms with E-state index < -0.39 is 10.0 Å². The molecule has 0 radical (unpaired) electrons. The summed E-state index contributed by atoms with van der Waals surface area (Å²) in [5.41, 5.74) is -0.213. The van der Waals surface area contributed by atoms with Crippen molar-refractivity contribution in [3.05, 3.63) is 24.3 Å². The van der Waals surface area contributed by atoms with Crippen molar-refractivity contribution in [1.29, 1.82) is 0 Å². The maximum Gasteiger partial charge on any atom is 0.275 e. The molecular formula is C19H32N3O4S+. The van der Waals surface area contributed by atoms with Crippen molar-refractivity contribution in [2.45, 2.75) is 44.6 Å². The van der Waals surface area contributed by atoms with Gasteiger partial charge in [-0.3, -0.25) is 4.79 Å². The van der Waals surface area contributed by atoms with Crippen LogP contribution in [0.5, 0.6) is 5.75 Å². The number of carbonyl (C=O) groups excluding carboxylic acids is 1. The van der Waals surface area contributed by atoms with Crippen molar-refractivity contribution in [3.8, 4) is 5.75 Å². The molecule has 1 aromatic rings. The first-order chi connectivity index (χ1) is 12.7. The topological polar surface area (TPSA) is 80.2 Å². The number of benzene rings is 1. The first kappa shape index (κ1) is 21.7. The zero-order chi connectivity index (χ0) is 20.1. The molecule has 27 heavy (non-hydrogen) atoms. The average Bonchev–Trinajstić information content (AvgIpc) is 2.62. The molecule has 2 N–H and O–H groups in total. The first-order valence-corrected chi connectivity index (χ1v) is 11.0. The number of hydrogen-bond donors (Lipinski definition) is 2. The zero-order valence-electron chi connectivity index (χ0n) is 16.7. The number of ether oxygens (including phenoxy) is 1. The monoisotopic (exact) mass is 398 g/mol. The van der Waals surface area contributed by atoms with Gasteiger partial charge in [-0.1, -0.05) is 6.92 Å². The summed E-state index contributed by atoms with van der Waals surface area (Å²) in [4.78, 5) is 13.6. The van der Waals surface area contributed by atoms with Crippen molar-refractivity contribution < 1.29 is 22.8 Å². The van der Waals surface area contributed by atoms with Gasteiger partial charge in [0.15, 0.2) is 6.54 Å². The second-order valence-electron chi connectivity index (χ2n) is 7.52. The van der Waals surface area contributed by atoms with Crippen LogP contribution in [0, 0.1) is 0 Å². The van der Waals surface area contributed by atoms with E-state index >= 15 is 0 Å². The molecule has 0 atom stereocenters. The van der Waals surface area contributed by atoms with Crippen LogP contribution in [-0.2, 0) is 14.8 Å². The van der Waals surface area contributed by atoms with Crippen LogP contribution in [0.25, 0.3) is 0 Å². The molecule has 0 bridgehead atoms. The first-order valence-electron chi connectivity index (χ1n) is 9.55. The molecule has 1 aromatic carbocycles. The lowest BCUT2D eigenvalue weighted by Crippen LogP contribution is -3.16. The van der Waals surface area contributed by atoms with E-state index in [1.54, 1.807) is 24.3 Å². The summed E-state index contributed by atoms with van der Waals surface area (Å²) in [6, 6.07) is 6.52. The van der Waals surface area contributed by atoms with E-state index in [9.17, 15) is 13.2 Å². The van der Waals surface area contributed by atoms with Crippen molar-refractivity contribution in [2.24, 2.45) is 0 Å². The summed E-state index contributed by atoms with van der Waals surface area (Å²) in [5, 5.41) is 3.03. The molecule has 1 saturated heterocycles. The number of rotatable bonds is 8. The van der Waals surface area contributed by atoms with Crippen LogP contribution in [-0.4, -0.2) is 63.5 Å². The van der Waals surface area contributed by atoms with Gasteiger partial charge in [-0.15, -0.1) is 0 Å². The fourth-order valence-corrected chi connectivity index (χ4v) is 4.42. The van der Waals surface area contributed by atoms with Crippen molar-refractivity contribution in [1.82, 2.24) is 9.62 Å². The average molecular weight is 399 g/mol. The highest BCUT2D eigenvalue weighted by atomic mass is 32.2. The van der Waals surface area contributed by atoms with Gasteiger partial charge in [0.1, 0.15) is 5.75 Å². The van der Waals surface area contributed by atoms with E-state index in [2.05, 4.69) is 5.32 Å². The maximum atomic E-state index is 12.8. The van der Waals surface area contributed by atoms with Crippen LogP contribution in [0.1, 0.15) is 34.1 Å². The number of piperazine rings is 1. The number of amides is 1. The summed E-state index contributed by atoms with van der Waals surface area (Å²) in [7, 11) is -3.51. The SMILES string of the molecule is CCOc1ccc(S(=O)(=O)N2CC[NH+](CC(=O)NC(C)(C)CC)CC2)cc1. The molecule has 1 fully saturated rings. The van der Waals surface area contributed by atoms with E-state index in [1.165, 1.54) is 4.31 Å². The summed E-state index contributed by atoms with van der Waals surface area (Å²) in [5.74, 6) is 0.673. The summed E-state index contributed by atoms with van der Waals surface area (Å²) in [6.45, 7) is 10.9. The van der Waals surface area contributed by atoms with E-state index in [-0.39, 0.29) is 16.3 Å². The molecule has 0 saturated carbocycles. The Balaban J connectivity index is 1.91. The lowest BCUT2D eigenvalue weighted by molar-refractivity contribution is -0.895. The number of sulfonamides is 1. The Labute approximate surface area is 162 Å². The van der Waals surface area contributed by atoms with Crippen LogP contribution < -0.4 is 15.0 Å². The quantitative estimate of drug-likeness (QED) is 0.659. The molecule has 2 rings (SSSR count). The van der Waals surface area contributed by atoms with Gasteiger partial charge in [0.2, 0.25) is 10.0 Å². The largest absolute Gasteiger partial charge is 0.494 e.